The Morgan fingerprint density at radius 1 is 1.21 bits per heavy atom. The van der Waals surface area contributed by atoms with E-state index in [1.165, 1.54) is 6.92 Å². The summed E-state index contributed by atoms with van der Waals surface area (Å²) in [5.74, 6) is -1.82. The number of nitrogens with zero attached hydrogens (tertiary/aromatic N) is 1. The van der Waals surface area contributed by atoms with Crippen LogP contribution in [0.2, 0.25) is 0 Å². The summed E-state index contributed by atoms with van der Waals surface area (Å²) >= 11 is 0. The van der Waals surface area contributed by atoms with Gasteiger partial charge in [-0.15, -0.1) is 0 Å². The molecule has 28 heavy (non-hydrogen) atoms. The van der Waals surface area contributed by atoms with Gasteiger partial charge in [0, 0.05) is 12.1 Å². The molecule has 1 saturated carbocycles. The molecule has 0 radical (unpaired) electrons. The number of hydrogen-bond donors (Lipinski definition) is 3. The highest BCUT2D eigenvalue weighted by Crippen LogP contribution is 2.35. The van der Waals surface area contributed by atoms with E-state index in [4.69, 9.17) is 4.74 Å². The zero-order valence-electron chi connectivity index (χ0n) is 16.7. The fraction of sp³-hybridized carbons (Fsp3) is 0.722. The molecule has 1 spiro atoms. The van der Waals surface area contributed by atoms with Gasteiger partial charge in [-0.05, 0) is 40.5 Å². The van der Waals surface area contributed by atoms with E-state index in [0.717, 1.165) is 17.7 Å². The van der Waals surface area contributed by atoms with E-state index >= 15 is 0 Å². The molecule has 1 aliphatic carbocycles. The topological polar surface area (TPSA) is 134 Å². The van der Waals surface area contributed by atoms with E-state index in [9.17, 15) is 24.0 Å². The summed E-state index contributed by atoms with van der Waals surface area (Å²) in [5, 5.41) is 7.37. The van der Waals surface area contributed by atoms with Crippen LogP contribution in [0.25, 0.3) is 0 Å². The van der Waals surface area contributed by atoms with Crippen molar-refractivity contribution in [2.24, 2.45) is 0 Å². The third-order valence-electron chi connectivity index (χ3n) is 4.65. The summed E-state index contributed by atoms with van der Waals surface area (Å²) in [5.41, 5.74) is -1.35. The van der Waals surface area contributed by atoms with E-state index < -0.39 is 41.1 Å². The van der Waals surface area contributed by atoms with Gasteiger partial charge in [-0.3, -0.25) is 24.6 Å². The smallest absolute Gasteiger partial charge is 0.325 e. The number of carbonyl (C=O) groups excluding carboxylic acids is 5. The van der Waals surface area contributed by atoms with Gasteiger partial charge in [0.25, 0.3) is 11.8 Å². The molecule has 6 amide bonds. The maximum absolute atomic E-state index is 12.5. The highest BCUT2D eigenvalue weighted by atomic mass is 16.5. The minimum absolute atomic E-state index is 0.121. The number of urea groups is 2. The maximum atomic E-state index is 12.5. The standard InChI is InChI=1S/C18H28N4O6/c1-11(13(24)19-15(26)20-17(2,3)4)28-12(23)7-10-22-14(25)18(21-16(22)27)8-5-6-9-18/h11H,5-10H2,1-4H3,(H,21,27)(H2,19,20,24,26). The third-order valence-corrected chi connectivity index (χ3v) is 4.65. The number of carbonyl (C=O) groups is 5. The Labute approximate surface area is 163 Å². The Balaban J connectivity index is 1.79. The Morgan fingerprint density at radius 2 is 1.82 bits per heavy atom. The lowest BCUT2D eigenvalue weighted by atomic mass is 9.98. The largest absolute Gasteiger partial charge is 0.452 e. The van der Waals surface area contributed by atoms with Crippen LogP contribution < -0.4 is 16.0 Å². The molecule has 10 nitrogen and oxygen atoms in total. The fourth-order valence-electron chi connectivity index (χ4n) is 3.29. The molecular formula is C18H28N4O6. The fourth-order valence-corrected chi connectivity index (χ4v) is 3.29. The zero-order chi connectivity index (χ0) is 21.1. The zero-order valence-corrected chi connectivity index (χ0v) is 16.7. The second kappa shape index (κ2) is 8.15. The summed E-state index contributed by atoms with van der Waals surface area (Å²) in [6, 6.07) is -1.20. The highest BCUT2D eigenvalue weighted by molar-refractivity contribution is 6.07. The molecule has 156 valence electrons. The van der Waals surface area contributed by atoms with Crippen molar-refractivity contribution >= 4 is 29.8 Å². The van der Waals surface area contributed by atoms with Gasteiger partial charge in [0.1, 0.15) is 5.54 Å². The normalized spacial score (nSPS) is 19.4. The van der Waals surface area contributed by atoms with Gasteiger partial charge in [0.15, 0.2) is 6.10 Å². The van der Waals surface area contributed by atoms with Crippen LogP contribution in [0.15, 0.2) is 0 Å². The second-order valence-corrected chi connectivity index (χ2v) is 8.25. The molecule has 0 aromatic rings. The molecule has 1 heterocycles. The first-order valence-corrected chi connectivity index (χ1v) is 9.40. The highest BCUT2D eigenvalue weighted by Gasteiger charge is 2.52. The number of ether oxygens (including phenoxy) is 1. The number of imide groups is 2. The lowest BCUT2D eigenvalue weighted by molar-refractivity contribution is -0.154. The van der Waals surface area contributed by atoms with E-state index in [1.54, 1.807) is 20.8 Å². The molecule has 2 aliphatic rings. The lowest BCUT2D eigenvalue weighted by Gasteiger charge is -2.21. The molecule has 3 N–H and O–H groups in total. The van der Waals surface area contributed by atoms with Crippen molar-refractivity contribution in [2.75, 3.05) is 6.54 Å². The van der Waals surface area contributed by atoms with Crippen LogP contribution >= 0.6 is 0 Å². The Bertz CT molecular complexity index is 678. The summed E-state index contributed by atoms with van der Waals surface area (Å²) in [6.07, 6.45) is 1.52. The van der Waals surface area contributed by atoms with Gasteiger partial charge >= 0.3 is 18.0 Å². The van der Waals surface area contributed by atoms with Crippen LogP contribution in [0, 0.1) is 0 Å². The van der Waals surface area contributed by atoms with Crippen molar-refractivity contribution in [2.45, 2.75) is 77.0 Å². The van der Waals surface area contributed by atoms with Crippen LogP contribution in [-0.4, -0.2) is 58.5 Å². The monoisotopic (exact) mass is 396 g/mol. The quantitative estimate of drug-likeness (QED) is 0.465. The van der Waals surface area contributed by atoms with Gasteiger partial charge in [-0.1, -0.05) is 12.8 Å². The van der Waals surface area contributed by atoms with Crippen LogP contribution in [0.3, 0.4) is 0 Å². The first-order valence-electron chi connectivity index (χ1n) is 9.40. The average molecular weight is 396 g/mol. The van der Waals surface area contributed by atoms with Gasteiger partial charge in [0.05, 0.1) is 6.42 Å². The Kier molecular flexibility index (Phi) is 6.30. The molecule has 10 heteroatoms. The molecule has 1 atom stereocenters. The van der Waals surface area contributed by atoms with Crippen molar-refractivity contribution in [1.82, 2.24) is 20.9 Å². The van der Waals surface area contributed by atoms with Gasteiger partial charge in [-0.2, -0.15) is 0 Å². The lowest BCUT2D eigenvalue weighted by Crippen LogP contribution is -2.50. The predicted molar refractivity (Wildman–Crippen MR) is 98.0 cm³/mol. The number of rotatable bonds is 5. The number of hydrogen-bond acceptors (Lipinski definition) is 6. The Hall–Kier alpha value is -2.65. The molecule has 0 aromatic heterocycles. The Morgan fingerprint density at radius 3 is 2.39 bits per heavy atom. The summed E-state index contributed by atoms with van der Waals surface area (Å²) in [6.45, 7) is 6.48. The number of nitrogens with one attached hydrogen (secondary N) is 3. The summed E-state index contributed by atoms with van der Waals surface area (Å²) in [7, 11) is 0. The van der Waals surface area contributed by atoms with Crippen LogP contribution in [0.5, 0.6) is 0 Å². The summed E-state index contributed by atoms with van der Waals surface area (Å²) in [4.78, 5) is 61.2. The molecule has 1 unspecified atom stereocenters. The molecular weight excluding hydrogens is 368 g/mol. The molecule has 2 rings (SSSR count). The van der Waals surface area contributed by atoms with E-state index in [1.807, 2.05) is 0 Å². The summed E-state index contributed by atoms with van der Waals surface area (Å²) < 4.78 is 4.99. The van der Waals surface area contributed by atoms with E-state index in [2.05, 4.69) is 16.0 Å². The van der Waals surface area contributed by atoms with Crippen molar-refractivity contribution < 1.29 is 28.7 Å². The van der Waals surface area contributed by atoms with Crippen LogP contribution in [0.1, 0.15) is 59.8 Å². The predicted octanol–water partition coefficient (Wildman–Crippen LogP) is 0.797. The molecule has 1 aliphatic heterocycles. The van der Waals surface area contributed by atoms with Crippen LogP contribution in [0.4, 0.5) is 9.59 Å². The van der Waals surface area contributed by atoms with Gasteiger partial charge in [-0.25, -0.2) is 9.59 Å². The third kappa shape index (κ3) is 5.20. The molecule has 0 bridgehead atoms. The second-order valence-electron chi connectivity index (χ2n) is 8.25. The molecule has 1 saturated heterocycles. The minimum atomic E-state index is -1.19. The van der Waals surface area contributed by atoms with Gasteiger partial charge in [0.2, 0.25) is 0 Å². The number of esters is 1. The first kappa shape index (κ1) is 21.6. The van der Waals surface area contributed by atoms with Gasteiger partial charge < -0.3 is 15.4 Å². The SMILES string of the molecule is CC(OC(=O)CCN1C(=O)NC2(CCCC2)C1=O)C(=O)NC(=O)NC(C)(C)C. The minimum Gasteiger partial charge on any atom is -0.452 e. The molecule has 2 fully saturated rings. The van der Waals surface area contributed by atoms with Crippen molar-refractivity contribution in [3.05, 3.63) is 0 Å². The van der Waals surface area contributed by atoms with Crippen molar-refractivity contribution in [3.63, 3.8) is 0 Å². The van der Waals surface area contributed by atoms with E-state index in [-0.39, 0.29) is 18.9 Å². The van der Waals surface area contributed by atoms with Crippen molar-refractivity contribution in [1.29, 1.82) is 0 Å². The van der Waals surface area contributed by atoms with E-state index in [0.29, 0.717) is 12.8 Å². The number of amides is 6. The average Bonchev–Trinajstić information content (AvgIpc) is 3.10. The molecule has 0 aromatic carbocycles. The van der Waals surface area contributed by atoms with Crippen LogP contribution in [-0.2, 0) is 19.1 Å². The van der Waals surface area contributed by atoms with Crippen molar-refractivity contribution in [3.8, 4) is 0 Å². The first-order chi connectivity index (χ1) is 12.9. The maximum Gasteiger partial charge on any atom is 0.325 e.